The highest BCUT2D eigenvalue weighted by molar-refractivity contribution is 7.98. The Hall–Kier alpha value is -1.16. The van der Waals surface area contributed by atoms with E-state index in [4.69, 9.17) is 23.2 Å². The number of anilines is 1. The molecule has 0 spiro atoms. The van der Waals surface area contributed by atoms with Crippen molar-refractivity contribution in [2.45, 2.75) is 37.9 Å². The summed E-state index contributed by atoms with van der Waals surface area (Å²) in [4.78, 5) is 12.2. The number of hydrogen-bond donors (Lipinski definition) is 1. The molecule has 1 amide bonds. The third-order valence-corrected chi connectivity index (χ3v) is 6.17. The lowest BCUT2D eigenvalue weighted by Gasteiger charge is -2.19. The van der Waals surface area contributed by atoms with Gasteiger partial charge >= 0.3 is 0 Å². The number of rotatable bonds is 6. The molecule has 1 aliphatic rings. The van der Waals surface area contributed by atoms with Crippen molar-refractivity contribution in [3.63, 3.8) is 0 Å². The minimum absolute atomic E-state index is 0.0839. The molecule has 2 aromatic rings. The van der Waals surface area contributed by atoms with Crippen LogP contribution in [0.15, 0.2) is 36.4 Å². The van der Waals surface area contributed by atoms with Gasteiger partial charge < -0.3 is 5.32 Å². The molecule has 2 nitrogen and oxygen atoms in total. The minimum Gasteiger partial charge on any atom is -0.326 e. The number of hydrogen-bond acceptors (Lipinski definition) is 2. The number of carbonyl (C=O) groups is 1. The largest absolute Gasteiger partial charge is 0.326 e. The molecule has 1 aliphatic carbocycles. The van der Waals surface area contributed by atoms with Crippen molar-refractivity contribution in [2.75, 3.05) is 11.1 Å². The van der Waals surface area contributed by atoms with Gasteiger partial charge in [-0.05, 0) is 60.6 Å². The van der Waals surface area contributed by atoms with E-state index in [9.17, 15) is 4.79 Å². The van der Waals surface area contributed by atoms with Crippen LogP contribution in [0.5, 0.6) is 0 Å². The second-order valence-electron chi connectivity index (χ2n) is 6.25. The second kappa shape index (κ2) is 8.98. The second-order valence-corrected chi connectivity index (χ2v) is 8.17. The predicted molar refractivity (Wildman–Crippen MR) is 109 cm³/mol. The predicted octanol–water partition coefficient (Wildman–Crippen LogP) is 6.13. The summed E-state index contributed by atoms with van der Waals surface area (Å²) in [5.74, 6) is 1.69. The molecule has 0 bridgehead atoms. The third-order valence-electron chi connectivity index (χ3n) is 4.40. The lowest BCUT2D eigenvalue weighted by molar-refractivity contribution is -0.115. The monoisotopic (exact) mass is 393 g/mol. The molecular formula is C20H21Cl2NOS. The Morgan fingerprint density at radius 2 is 1.92 bits per heavy atom. The van der Waals surface area contributed by atoms with Gasteiger partial charge in [-0.25, -0.2) is 0 Å². The highest BCUT2D eigenvalue weighted by Gasteiger charge is 2.14. The van der Waals surface area contributed by atoms with Crippen LogP contribution < -0.4 is 5.32 Å². The zero-order valence-electron chi connectivity index (χ0n) is 14.0. The normalized spacial score (nSPS) is 13.4. The van der Waals surface area contributed by atoms with Crippen molar-refractivity contribution in [1.82, 2.24) is 0 Å². The van der Waals surface area contributed by atoms with E-state index in [1.807, 2.05) is 30.3 Å². The van der Waals surface area contributed by atoms with Gasteiger partial charge in [0.1, 0.15) is 0 Å². The molecule has 0 radical (unpaired) electrons. The number of thioether (sulfide) groups is 1. The summed E-state index contributed by atoms with van der Waals surface area (Å²) in [5.41, 5.74) is 4.83. The highest BCUT2D eigenvalue weighted by atomic mass is 35.5. The van der Waals surface area contributed by atoms with Crippen LogP contribution in [0.3, 0.4) is 0 Å². The fraction of sp³-hybridized carbons (Fsp3) is 0.350. The van der Waals surface area contributed by atoms with Crippen LogP contribution in [-0.2, 0) is 23.4 Å². The lowest BCUT2D eigenvalue weighted by Crippen LogP contribution is -2.15. The van der Waals surface area contributed by atoms with Crippen molar-refractivity contribution in [2.24, 2.45) is 0 Å². The van der Waals surface area contributed by atoms with Gasteiger partial charge in [0.25, 0.3) is 0 Å². The molecule has 0 unspecified atom stereocenters. The highest BCUT2D eigenvalue weighted by Crippen LogP contribution is 2.28. The van der Waals surface area contributed by atoms with Crippen molar-refractivity contribution in [1.29, 1.82) is 0 Å². The van der Waals surface area contributed by atoms with Crippen LogP contribution in [0.25, 0.3) is 0 Å². The number of fused-ring (bicyclic) bond motifs is 1. The van der Waals surface area contributed by atoms with Crippen molar-refractivity contribution in [3.8, 4) is 0 Å². The molecule has 0 atom stereocenters. The van der Waals surface area contributed by atoms with Gasteiger partial charge in [0, 0.05) is 23.6 Å². The van der Waals surface area contributed by atoms with Crippen LogP contribution in [0.4, 0.5) is 5.69 Å². The first kappa shape index (κ1) is 18.6. The molecule has 0 saturated carbocycles. The molecule has 0 saturated heterocycles. The van der Waals surface area contributed by atoms with E-state index in [-0.39, 0.29) is 5.91 Å². The first-order valence-corrected chi connectivity index (χ1v) is 10.5. The summed E-state index contributed by atoms with van der Waals surface area (Å²) < 4.78 is 0. The third kappa shape index (κ3) is 5.16. The molecule has 0 heterocycles. The van der Waals surface area contributed by atoms with Crippen LogP contribution in [0.1, 0.15) is 36.0 Å². The fourth-order valence-corrected chi connectivity index (χ4v) is 4.31. The SMILES string of the molecule is O=C(CCSCc1ccc(Cl)c(Cl)c1)Nc1cccc2c1CCCC2. The van der Waals surface area contributed by atoms with E-state index in [0.717, 1.165) is 35.6 Å². The van der Waals surface area contributed by atoms with E-state index in [2.05, 4.69) is 11.4 Å². The summed E-state index contributed by atoms with van der Waals surface area (Å²) in [6.45, 7) is 0. The minimum atomic E-state index is 0.0839. The molecule has 0 fully saturated rings. The van der Waals surface area contributed by atoms with Gasteiger partial charge in [-0.1, -0.05) is 41.4 Å². The molecule has 1 N–H and O–H groups in total. The zero-order valence-corrected chi connectivity index (χ0v) is 16.3. The van der Waals surface area contributed by atoms with Crippen molar-refractivity contribution in [3.05, 3.63) is 63.1 Å². The van der Waals surface area contributed by atoms with Gasteiger partial charge in [-0.15, -0.1) is 0 Å². The maximum atomic E-state index is 12.2. The molecular weight excluding hydrogens is 373 g/mol. The molecule has 132 valence electrons. The standard InChI is InChI=1S/C20H21Cl2NOS/c21-17-9-8-14(12-18(17)22)13-25-11-10-20(24)23-19-7-3-5-15-4-1-2-6-16(15)19/h3,5,7-9,12H,1-2,4,6,10-11,13H2,(H,23,24). The average Bonchev–Trinajstić information content (AvgIpc) is 2.62. The molecule has 2 aromatic carbocycles. The molecule has 5 heteroatoms. The van der Waals surface area contributed by atoms with Gasteiger partial charge in [0.2, 0.25) is 5.91 Å². The first-order valence-electron chi connectivity index (χ1n) is 8.56. The maximum absolute atomic E-state index is 12.2. The summed E-state index contributed by atoms with van der Waals surface area (Å²) in [5, 5.41) is 4.24. The number of benzene rings is 2. The van der Waals surface area contributed by atoms with Gasteiger partial charge in [-0.2, -0.15) is 11.8 Å². The Bertz CT molecular complexity index is 763. The van der Waals surface area contributed by atoms with Gasteiger partial charge in [-0.3, -0.25) is 4.79 Å². The smallest absolute Gasteiger partial charge is 0.225 e. The quantitative estimate of drug-likeness (QED) is 0.597. The molecule has 0 aromatic heterocycles. The van der Waals surface area contributed by atoms with Crippen LogP contribution in [0, 0.1) is 0 Å². The fourth-order valence-electron chi connectivity index (χ4n) is 3.10. The van der Waals surface area contributed by atoms with E-state index in [0.29, 0.717) is 16.5 Å². The summed E-state index contributed by atoms with van der Waals surface area (Å²) >= 11 is 13.7. The van der Waals surface area contributed by atoms with E-state index >= 15 is 0 Å². The first-order chi connectivity index (χ1) is 12.1. The van der Waals surface area contributed by atoms with Crippen molar-refractivity contribution < 1.29 is 4.79 Å². The lowest BCUT2D eigenvalue weighted by atomic mass is 9.90. The summed E-state index contributed by atoms with van der Waals surface area (Å²) in [6.07, 6.45) is 5.15. The molecule has 25 heavy (non-hydrogen) atoms. The van der Waals surface area contributed by atoms with Crippen molar-refractivity contribution >= 4 is 46.6 Å². The summed E-state index contributed by atoms with van der Waals surface area (Å²) in [6, 6.07) is 11.9. The number of aryl methyl sites for hydroxylation is 1. The van der Waals surface area contributed by atoms with E-state index in [1.165, 1.54) is 24.0 Å². The topological polar surface area (TPSA) is 29.1 Å². The number of nitrogens with one attached hydrogen (secondary N) is 1. The average molecular weight is 394 g/mol. The number of halogens is 2. The maximum Gasteiger partial charge on any atom is 0.225 e. The van der Waals surface area contributed by atoms with E-state index < -0.39 is 0 Å². The Balaban J connectivity index is 1.46. The van der Waals surface area contributed by atoms with Gasteiger partial charge in [0.05, 0.1) is 10.0 Å². The van der Waals surface area contributed by atoms with Crippen LogP contribution in [0.2, 0.25) is 10.0 Å². The Morgan fingerprint density at radius 1 is 1.08 bits per heavy atom. The van der Waals surface area contributed by atoms with Crippen LogP contribution in [-0.4, -0.2) is 11.7 Å². The Labute approximate surface area is 163 Å². The number of amides is 1. The Morgan fingerprint density at radius 3 is 2.76 bits per heavy atom. The number of carbonyl (C=O) groups excluding carboxylic acids is 1. The molecule has 3 rings (SSSR count). The van der Waals surface area contributed by atoms with Crippen LogP contribution >= 0.6 is 35.0 Å². The van der Waals surface area contributed by atoms with Gasteiger partial charge in [0.15, 0.2) is 0 Å². The summed E-state index contributed by atoms with van der Waals surface area (Å²) in [7, 11) is 0. The molecule has 0 aliphatic heterocycles. The Kier molecular flexibility index (Phi) is 6.69. The van der Waals surface area contributed by atoms with E-state index in [1.54, 1.807) is 11.8 Å². The zero-order chi connectivity index (χ0) is 17.6.